The highest BCUT2D eigenvalue weighted by molar-refractivity contribution is 7.08. The van der Waals surface area contributed by atoms with Crippen LogP contribution in [0, 0.1) is 12.3 Å². The number of halogens is 1. The first kappa shape index (κ1) is 32.4. The fourth-order valence-electron chi connectivity index (χ4n) is 7.12. The monoisotopic (exact) mass is 666 g/mol. The van der Waals surface area contributed by atoms with E-state index in [1.807, 2.05) is 15.2 Å². The Hall–Kier alpha value is -3.50. The Morgan fingerprint density at radius 3 is 2.41 bits per heavy atom. The van der Waals surface area contributed by atoms with Crippen molar-refractivity contribution < 1.29 is 14.4 Å². The molecule has 0 saturated carbocycles. The number of terminal acetylenes is 1. The van der Waals surface area contributed by atoms with Crippen molar-refractivity contribution in [3.63, 3.8) is 0 Å². The van der Waals surface area contributed by atoms with E-state index < -0.39 is 6.04 Å². The summed E-state index contributed by atoms with van der Waals surface area (Å²) in [5.41, 5.74) is 9.60. The highest BCUT2D eigenvalue weighted by Gasteiger charge is 2.36. The van der Waals surface area contributed by atoms with Gasteiger partial charge < -0.3 is 36.0 Å². The van der Waals surface area contributed by atoms with Crippen molar-refractivity contribution in [1.82, 2.24) is 29.8 Å². The summed E-state index contributed by atoms with van der Waals surface area (Å²) in [6.45, 7) is 7.09. The Morgan fingerprint density at radius 2 is 1.72 bits per heavy atom. The molecule has 1 atom stereocenters. The quantitative estimate of drug-likeness (QED) is 0.322. The number of carbonyl (C=O) groups is 3. The van der Waals surface area contributed by atoms with Gasteiger partial charge in [-0.15, -0.1) is 17.8 Å². The SMILES string of the molecule is C#Cc1cc(C[C@@H](NC(=O)N2CCC(N3Cc4cscc4NC3=O)CC2)C(=O)N2CCC(N3CCN(C)CC3)CC2)cc(Cl)c1N. The first-order valence-corrected chi connectivity index (χ1v) is 17.5. The number of carbonyl (C=O) groups excluding carboxylic acids is 3. The number of fused-ring (bicyclic) bond motifs is 1. The van der Waals surface area contributed by atoms with Crippen molar-refractivity contribution in [3.05, 3.63) is 44.6 Å². The average molecular weight is 667 g/mol. The molecule has 0 bridgehead atoms. The minimum absolute atomic E-state index is 0.0373. The van der Waals surface area contributed by atoms with Gasteiger partial charge in [0.1, 0.15) is 6.04 Å². The van der Waals surface area contributed by atoms with Gasteiger partial charge in [0.25, 0.3) is 0 Å². The van der Waals surface area contributed by atoms with Crippen LogP contribution in [-0.2, 0) is 17.8 Å². The van der Waals surface area contributed by atoms with Crippen LogP contribution in [0.25, 0.3) is 0 Å². The van der Waals surface area contributed by atoms with Crippen LogP contribution in [0.2, 0.25) is 5.02 Å². The Kier molecular flexibility index (Phi) is 9.94. The van der Waals surface area contributed by atoms with Crippen molar-refractivity contribution in [2.45, 2.75) is 56.8 Å². The Labute approximate surface area is 280 Å². The molecule has 1 aromatic heterocycles. The number of rotatable bonds is 6. The van der Waals surface area contributed by atoms with Crippen LogP contribution in [0.1, 0.15) is 42.4 Å². The van der Waals surface area contributed by atoms with E-state index in [4.69, 9.17) is 23.8 Å². The van der Waals surface area contributed by atoms with Gasteiger partial charge in [-0.25, -0.2) is 9.59 Å². The molecule has 4 N–H and O–H groups in total. The average Bonchev–Trinajstić information content (AvgIpc) is 3.53. The fraction of sp³-hybridized carbons (Fsp3) is 0.545. The standard InChI is InChI=1S/C33H43ClN8O3S/c1-3-23-16-22(17-27(34)30(23)35)18-28(31(43)40-8-4-25(5-9-40)39-14-12-38(2)13-15-39)36-32(44)41-10-6-26(7-11-41)42-19-24-20-46-21-29(24)37-33(42)45/h1,16-17,20-21,25-26,28H,4-15,18-19,35H2,2H3,(H,36,44)(H,37,45)/t28-/m1/s1. The predicted octanol–water partition coefficient (Wildman–Crippen LogP) is 3.34. The maximum atomic E-state index is 14.1. The molecule has 246 valence electrons. The van der Waals surface area contributed by atoms with E-state index in [9.17, 15) is 14.4 Å². The molecule has 3 fully saturated rings. The number of nitrogens with two attached hydrogens (primary N) is 1. The second kappa shape index (κ2) is 14.1. The summed E-state index contributed by atoms with van der Waals surface area (Å²) in [6.07, 6.45) is 9.07. The zero-order valence-electron chi connectivity index (χ0n) is 26.3. The summed E-state index contributed by atoms with van der Waals surface area (Å²) < 4.78 is 0. The largest absolute Gasteiger partial charge is 0.397 e. The van der Waals surface area contributed by atoms with E-state index in [0.717, 1.165) is 55.8 Å². The van der Waals surface area contributed by atoms with Crippen LogP contribution in [0.5, 0.6) is 0 Å². The molecular formula is C33H43ClN8O3S. The molecule has 4 aliphatic heterocycles. The summed E-state index contributed by atoms with van der Waals surface area (Å²) in [7, 11) is 2.16. The molecule has 3 saturated heterocycles. The zero-order valence-corrected chi connectivity index (χ0v) is 27.9. The lowest BCUT2D eigenvalue weighted by atomic mass is 9.98. The summed E-state index contributed by atoms with van der Waals surface area (Å²) in [5.74, 6) is 2.47. The third kappa shape index (κ3) is 7.08. The van der Waals surface area contributed by atoms with Crippen molar-refractivity contribution in [2.24, 2.45) is 0 Å². The van der Waals surface area contributed by atoms with Crippen LogP contribution in [0.3, 0.4) is 0 Å². The van der Waals surface area contributed by atoms with E-state index in [2.05, 4.69) is 38.8 Å². The second-order valence-electron chi connectivity index (χ2n) is 12.9. The molecule has 0 spiro atoms. The van der Waals surface area contributed by atoms with Crippen molar-refractivity contribution in [3.8, 4) is 12.3 Å². The molecule has 5 heterocycles. The third-order valence-corrected chi connectivity index (χ3v) is 11.1. The molecule has 1 aromatic carbocycles. The molecule has 2 aromatic rings. The Balaban J connectivity index is 1.10. The first-order chi connectivity index (χ1) is 22.2. The van der Waals surface area contributed by atoms with Crippen LogP contribution >= 0.6 is 22.9 Å². The number of urea groups is 2. The topological polar surface area (TPSA) is 117 Å². The highest BCUT2D eigenvalue weighted by atomic mass is 35.5. The summed E-state index contributed by atoms with van der Waals surface area (Å²) in [4.78, 5) is 50.9. The minimum atomic E-state index is -0.791. The van der Waals surface area contributed by atoms with Crippen LogP contribution in [-0.4, -0.2) is 120 Å². The molecule has 13 heteroatoms. The Bertz CT molecular complexity index is 1490. The molecule has 0 aliphatic carbocycles. The number of benzene rings is 1. The lowest BCUT2D eigenvalue weighted by Crippen LogP contribution is -2.58. The van der Waals surface area contributed by atoms with Crippen molar-refractivity contribution in [1.29, 1.82) is 0 Å². The molecule has 46 heavy (non-hydrogen) atoms. The van der Waals surface area contributed by atoms with Gasteiger partial charge in [0, 0.05) is 87.4 Å². The van der Waals surface area contributed by atoms with Gasteiger partial charge in [0.15, 0.2) is 0 Å². The normalized spacial score (nSPS) is 21.0. The number of likely N-dealkylation sites (tertiary alicyclic amines) is 2. The van der Waals surface area contributed by atoms with Gasteiger partial charge in [0.05, 0.1) is 22.9 Å². The second-order valence-corrected chi connectivity index (χ2v) is 14.0. The lowest BCUT2D eigenvalue weighted by Gasteiger charge is -2.43. The number of thiophene rings is 1. The number of anilines is 2. The number of nitrogen functional groups attached to an aromatic ring is 1. The van der Waals surface area contributed by atoms with E-state index in [0.29, 0.717) is 67.9 Å². The van der Waals surface area contributed by atoms with Gasteiger partial charge in [0.2, 0.25) is 5.91 Å². The lowest BCUT2D eigenvalue weighted by molar-refractivity contribution is -0.135. The van der Waals surface area contributed by atoms with Gasteiger partial charge in [-0.05, 0) is 55.8 Å². The summed E-state index contributed by atoms with van der Waals surface area (Å²) in [6, 6.07) is 2.82. The van der Waals surface area contributed by atoms with E-state index in [1.165, 1.54) is 0 Å². The number of hydrogen-bond donors (Lipinski definition) is 3. The van der Waals surface area contributed by atoms with E-state index >= 15 is 0 Å². The first-order valence-electron chi connectivity index (χ1n) is 16.1. The minimum Gasteiger partial charge on any atom is -0.397 e. The number of nitrogens with one attached hydrogen (secondary N) is 2. The number of nitrogens with zero attached hydrogens (tertiary/aromatic N) is 5. The van der Waals surface area contributed by atoms with Gasteiger partial charge in [-0.3, -0.25) is 9.69 Å². The number of piperidine rings is 2. The van der Waals surface area contributed by atoms with Crippen LogP contribution in [0.4, 0.5) is 21.0 Å². The smallest absolute Gasteiger partial charge is 0.322 e. The summed E-state index contributed by atoms with van der Waals surface area (Å²) >= 11 is 7.97. The molecule has 0 radical (unpaired) electrons. The third-order valence-electron chi connectivity index (χ3n) is 9.99. The van der Waals surface area contributed by atoms with Crippen molar-refractivity contribution in [2.75, 3.05) is 70.5 Å². The maximum absolute atomic E-state index is 14.1. The molecule has 6 rings (SSSR count). The van der Waals surface area contributed by atoms with Crippen LogP contribution in [0.15, 0.2) is 22.9 Å². The van der Waals surface area contributed by atoms with Gasteiger partial charge >= 0.3 is 12.1 Å². The van der Waals surface area contributed by atoms with E-state index in [1.54, 1.807) is 28.4 Å². The number of piperazine rings is 1. The molecule has 0 unspecified atom stereocenters. The number of likely N-dealkylation sites (N-methyl/N-ethyl adjacent to an activating group) is 1. The highest BCUT2D eigenvalue weighted by Crippen LogP contribution is 2.31. The van der Waals surface area contributed by atoms with Crippen LogP contribution < -0.4 is 16.4 Å². The van der Waals surface area contributed by atoms with Gasteiger partial charge in [-0.1, -0.05) is 17.5 Å². The molecule has 5 amide bonds. The zero-order chi connectivity index (χ0) is 32.4. The molecular weight excluding hydrogens is 624 g/mol. The van der Waals surface area contributed by atoms with Gasteiger partial charge in [-0.2, -0.15) is 0 Å². The molecule has 11 nitrogen and oxygen atoms in total. The predicted molar refractivity (Wildman–Crippen MR) is 182 cm³/mol. The fourth-order valence-corrected chi connectivity index (χ4v) is 8.14. The summed E-state index contributed by atoms with van der Waals surface area (Å²) in [5, 5.41) is 10.4. The maximum Gasteiger partial charge on any atom is 0.322 e. The molecule has 4 aliphatic rings. The van der Waals surface area contributed by atoms with Crippen molar-refractivity contribution >= 4 is 52.3 Å². The van der Waals surface area contributed by atoms with E-state index in [-0.39, 0.29) is 30.4 Å². The Morgan fingerprint density at radius 1 is 1.04 bits per heavy atom. The number of hydrogen-bond acceptors (Lipinski definition) is 7. The number of amides is 5.